The Hall–Kier alpha value is -3.94. The Balaban J connectivity index is 1.78. The third-order valence-corrected chi connectivity index (χ3v) is 14.1. The first-order chi connectivity index (χ1) is 28.8. The van der Waals surface area contributed by atoms with Gasteiger partial charge in [-0.25, -0.2) is 0 Å². The fourth-order valence-electron chi connectivity index (χ4n) is 6.09. The summed E-state index contributed by atoms with van der Waals surface area (Å²) in [5, 5.41) is -3.93. The average molecular weight is 999 g/mol. The summed E-state index contributed by atoms with van der Waals surface area (Å²) in [6.45, 7) is 0. The standard InChI is InChI=1S/C38H24F24P2/c39-31(40,41)19-7-20(32(42,43)44)12-27(11-19)63(28-13-21(33(45,46)47)8-22(14-28)34(48,49)50)5-3-1-2-4-6-64(29-15-23(35(51,52)53)9-24(16-29)36(54,55)56)30-17-25(37(57,58)59)10-26(18-30)38(60,61)62/h7-18H,1-6H2. The molecule has 0 nitrogen and oxygen atoms in total. The van der Waals surface area contributed by atoms with Crippen LogP contribution in [0.3, 0.4) is 0 Å². The van der Waals surface area contributed by atoms with Crippen molar-refractivity contribution in [3.8, 4) is 0 Å². The minimum atomic E-state index is -5.53. The van der Waals surface area contributed by atoms with Crippen molar-refractivity contribution in [2.45, 2.75) is 75.1 Å². The molecule has 4 aromatic rings. The maximum atomic E-state index is 13.8. The van der Waals surface area contributed by atoms with Crippen molar-refractivity contribution in [1.29, 1.82) is 0 Å². The van der Waals surface area contributed by atoms with E-state index in [0.717, 1.165) is 0 Å². The molecule has 0 unspecified atom stereocenters. The van der Waals surface area contributed by atoms with E-state index in [1.807, 2.05) is 0 Å². The summed E-state index contributed by atoms with van der Waals surface area (Å²) < 4.78 is 331. The predicted octanol–water partition coefficient (Wildman–Crippen LogP) is 15.0. The van der Waals surface area contributed by atoms with Gasteiger partial charge in [0.05, 0.1) is 44.5 Å². The Labute approximate surface area is 347 Å². The first-order valence-corrected chi connectivity index (χ1v) is 20.5. The van der Waals surface area contributed by atoms with Crippen LogP contribution >= 0.6 is 15.8 Å². The van der Waals surface area contributed by atoms with Gasteiger partial charge in [-0.3, -0.25) is 0 Å². The molecule has 0 spiro atoms. The molecular weight excluding hydrogens is 974 g/mol. The van der Waals surface area contributed by atoms with Crippen LogP contribution in [0.15, 0.2) is 72.8 Å². The molecule has 0 heterocycles. The lowest BCUT2D eigenvalue weighted by atomic mass is 10.1. The maximum Gasteiger partial charge on any atom is 0.416 e. The summed E-state index contributed by atoms with van der Waals surface area (Å²) >= 11 is 0. The van der Waals surface area contributed by atoms with Gasteiger partial charge < -0.3 is 0 Å². The van der Waals surface area contributed by atoms with Crippen molar-refractivity contribution < 1.29 is 105 Å². The molecule has 354 valence electrons. The fourth-order valence-corrected chi connectivity index (χ4v) is 11.2. The van der Waals surface area contributed by atoms with Gasteiger partial charge in [-0.2, -0.15) is 105 Å². The molecule has 0 aromatic heterocycles. The minimum absolute atomic E-state index is 0.0935. The molecule has 0 radical (unpaired) electrons. The molecule has 0 saturated heterocycles. The zero-order valence-corrected chi connectivity index (χ0v) is 32.9. The van der Waals surface area contributed by atoms with Gasteiger partial charge >= 0.3 is 49.4 Å². The lowest BCUT2D eigenvalue weighted by Crippen LogP contribution is -2.23. The molecule has 0 saturated carbocycles. The number of rotatable bonds is 11. The van der Waals surface area contributed by atoms with Gasteiger partial charge in [0.15, 0.2) is 0 Å². The topological polar surface area (TPSA) is 0 Å². The Morgan fingerprint density at radius 1 is 0.219 bits per heavy atom. The summed E-state index contributed by atoms with van der Waals surface area (Å²) in [5.41, 5.74) is -15.8. The molecule has 0 amide bonds. The summed E-state index contributed by atoms with van der Waals surface area (Å²) in [7, 11) is -5.98. The van der Waals surface area contributed by atoms with Crippen molar-refractivity contribution >= 4 is 37.1 Å². The van der Waals surface area contributed by atoms with Gasteiger partial charge in [-0.05, 0) is 135 Å². The van der Waals surface area contributed by atoms with Crippen LogP contribution in [0.4, 0.5) is 105 Å². The van der Waals surface area contributed by atoms with Crippen LogP contribution in [0.5, 0.6) is 0 Å². The lowest BCUT2D eigenvalue weighted by Gasteiger charge is -2.25. The SMILES string of the molecule is FC(F)(F)c1cc(P(CCCCCCP(c2cc(C(F)(F)F)cc(C(F)(F)F)c2)c2cc(C(F)(F)F)cc(C(F)(F)F)c2)c2cc(C(F)(F)F)cc(C(F)(F)F)c2)cc(C(F)(F)F)c1. The Morgan fingerprint density at radius 2 is 0.359 bits per heavy atom. The van der Waals surface area contributed by atoms with Gasteiger partial charge in [-0.1, -0.05) is 12.8 Å². The van der Waals surface area contributed by atoms with E-state index in [1.54, 1.807) is 0 Å². The van der Waals surface area contributed by atoms with Crippen molar-refractivity contribution in [3.05, 3.63) is 117 Å². The van der Waals surface area contributed by atoms with Crippen LogP contribution in [0.2, 0.25) is 0 Å². The third-order valence-electron chi connectivity index (χ3n) is 9.05. The van der Waals surface area contributed by atoms with Crippen molar-refractivity contribution in [2.24, 2.45) is 0 Å². The van der Waals surface area contributed by atoms with Gasteiger partial charge in [0, 0.05) is 0 Å². The van der Waals surface area contributed by atoms with Gasteiger partial charge in [0.1, 0.15) is 0 Å². The number of halogens is 24. The molecule has 0 aliphatic rings. The maximum absolute atomic E-state index is 13.8. The van der Waals surface area contributed by atoms with Crippen molar-refractivity contribution in [2.75, 3.05) is 12.3 Å². The Bertz CT molecular complexity index is 1810. The van der Waals surface area contributed by atoms with Crippen LogP contribution in [-0.2, 0) is 49.4 Å². The van der Waals surface area contributed by atoms with Crippen LogP contribution in [0, 0.1) is 0 Å². The van der Waals surface area contributed by atoms with E-state index in [2.05, 4.69) is 0 Å². The van der Waals surface area contributed by atoms with E-state index < -0.39 is 156 Å². The molecule has 0 N–H and O–H groups in total. The van der Waals surface area contributed by atoms with E-state index in [0.29, 0.717) is 0 Å². The predicted molar refractivity (Wildman–Crippen MR) is 186 cm³/mol. The molecule has 0 aliphatic carbocycles. The second-order valence-corrected chi connectivity index (χ2v) is 18.4. The van der Waals surface area contributed by atoms with Crippen molar-refractivity contribution in [1.82, 2.24) is 0 Å². The summed E-state index contributed by atoms with van der Waals surface area (Å²) in [6, 6.07) is -0.670. The highest BCUT2D eigenvalue weighted by atomic mass is 31.1. The van der Waals surface area contributed by atoms with Crippen LogP contribution in [0.1, 0.15) is 70.2 Å². The fraction of sp³-hybridized carbons (Fsp3) is 0.368. The molecule has 0 fully saturated rings. The molecule has 4 aromatic carbocycles. The highest BCUT2D eigenvalue weighted by Crippen LogP contribution is 2.46. The molecule has 4 rings (SSSR count). The van der Waals surface area contributed by atoms with E-state index in [1.165, 1.54) is 0 Å². The number of alkyl halides is 24. The molecule has 0 atom stereocenters. The molecule has 64 heavy (non-hydrogen) atoms. The quantitative estimate of drug-likeness (QED) is 0.0798. The highest BCUT2D eigenvalue weighted by Gasteiger charge is 2.42. The highest BCUT2D eigenvalue weighted by molar-refractivity contribution is 7.73. The number of unbranched alkanes of at least 4 members (excludes halogenated alkanes) is 3. The average Bonchev–Trinajstić information content (AvgIpc) is 3.12. The minimum Gasteiger partial charge on any atom is -0.166 e. The van der Waals surface area contributed by atoms with Gasteiger partial charge in [-0.15, -0.1) is 0 Å². The monoisotopic (exact) mass is 998 g/mol. The second-order valence-electron chi connectivity index (χ2n) is 13.8. The van der Waals surface area contributed by atoms with Crippen LogP contribution in [0.25, 0.3) is 0 Å². The first-order valence-electron chi connectivity index (χ1n) is 17.5. The smallest absolute Gasteiger partial charge is 0.166 e. The Morgan fingerprint density at radius 3 is 0.484 bits per heavy atom. The summed E-state index contributed by atoms with van der Waals surface area (Å²) in [6.07, 6.45) is -47.3. The third kappa shape index (κ3) is 13.8. The van der Waals surface area contributed by atoms with E-state index >= 15 is 0 Å². The first kappa shape index (κ1) is 52.7. The summed E-state index contributed by atoms with van der Waals surface area (Å²) in [4.78, 5) is 0. The largest absolute Gasteiger partial charge is 0.416 e. The van der Waals surface area contributed by atoms with Crippen molar-refractivity contribution in [3.63, 3.8) is 0 Å². The normalized spacial score (nSPS) is 14.0. The van der Waals surface area contributed by atoms with E-state index in [-0.39, 0.29) is 85.6 Å². The molecule has 0 bridgehead atoms. The number of benzene rings is 4. The zero-order chi connectivity index (χ0) is 48.8. The summed E-state index contributed by atoms with van der Waals surface area (Å²) in [5.74, 6) is 0. The molecule has 26 heteroatoms. The van der Waals surface area contributed by atoms with Crippen LogP contribution < -0.4 is 21.2 Å². The van der Waals surface area contributed by atoms with Gasteiger partial charge in [0.2, 0.25) is 0 Å². The Kier molecular flexibility index (Phi) is 15.1. The zero-order valence-electron chi connectivity index (χ0n) is 31.1. The van der Waals surface area contributed by atoms with Gasteiger partial charge in [0.25, 0.3) is 0 Å². The molecular formula is C38H24F24P2. The van der Waals surface area contributed by atoms with Crippen LogP contribution in [-0.4, -0.2) is 12.3 Å². The second kappa shape index (κ2) is 18.4. The number of hydrogen-bond acceptors (Lipinski definition) is 0. The molecule has 0 aliphatic heterocycles. The number of hydrogen-bond donors (Lipinski definition) is 0. The van der Waals surface area contributed by atoms with E-state index in [4.69, 9.17) is 0 Å². The lowest BCUT2D eigenvalue weighted by molar-refractivity contribution is -0.144. The van der Waals surface area contributed by atoms with E-state index in [9.17, 15) is 105 Å².